The van der Waals surface area contributed by atoms with E-state index in [0.717, 1.165) is 73.9 Å². The van der Waals surface area contributed by atoms with Crippen LogP contribution in [0.5, 0.6) is 5.75 Å². The number of piperidine rings is 2. The molecule has 0 bridgehead atoms. The smallest absolute Gasteiger partial charge is 0.339 e. The van der Waals surface area contributed by atoms with Crippen molar-refractivity contribution >= 4 is 11.0 Å². The lowest BCUT2D eigenvalue weighted by atomic mass is 9.83. The topological polar surface area (TPSA) is 66.2 Å². The lowest BCUT2D eigenvalue weighted by molar-refractivity contribution is 0.0372. The first-order chi connectivity index (χ1) is 16.7. The van der Waals surface area contributed by atoms with Gasteiger partial charge in [0.25, 0.3) is 0 Å². The Labute approximate surface area is 202 Å². The Hall–Kier alpha value is -1.89. The fraction of sp³-hybridized carbons (Fsp3) is 0.679. The van der Waals surface area contributed by atoms with Crippen molar-refractivity contribution in [2.75, 3.05) is 39.9 Å². The highest BCUT2D eigenvalue weighted by Gasteiger charge is 2.34. The average molecular weight is 469 g/mol. The molecule has 2 saturated heterocycles. The lowest BCUT2D eigenvalue weighted by Gasteiger charge is -2.45. The van der Waals surface area contributed by atoms with Crippen LogP contribution in [0.4, 0.5) is 0 Å². The SMILES string of the molecule is COCCCN(Cc1c(O)ccc2c3c(c(=O)oc12)CCCC3)C[C@@H]1CCCN2CCCC[C@H]12. The van der Waals surface area contributed by atoms with Crippen LogP contribution in [0.3, 0.4) is 0 Å². The molecule has 2 fully saturated rings. The predicted octanol–water partition coefficient (Wildman–Crippen LogP) is 4.48. The molecule has 0 radical (unpaired) electrons. The van der Waals surface area contributed by atoms with Crippen molar-refractivity contribution in [3.63, 3.8) is 0 Å². The van der Waals surface area contributed by atoms with Gasteiger partial charge in [0, 0.05) is 50.3 Å². The molecule has 1 N–H and O–H groups in total. The van der Waals surface area contributed by atoms with Crippen molar-refractivity contribution < 1.29 is 14.3 Å². The Morgan fingerprint density at radius 1 is 1.09 bits per heavy atom. The summed E-state index contributed by atoms with van der Waals surface area (Å²) >= 11 is 0. The molecule has 2 aromatic rings. The standard InChI is InChI=1S/C28H40N2O4/c1-33-17-7-14-29(18-20-8-6-16-30-15-5-4-11-25(20)30)19-24-26(31)13-12-22-21-9-2-3-10-23(21)28(32)34-27(22)24/h12-13,20,25,31H,2-11,14-19H2,1H3/t20-,25+/m0/s1. The first kappa shape index (κ1) is 23.8. The molecule has 3 heterocycles. The number of fused-ring (bicyclic) bond motifs is 4. The number of ether oxygens (including phenoxy) is 1. The van der Waals surface area contributed by atoms with E-state index in [-0.39, 0.29) is 11.4 Å². The Bertz CT molecular complexity index is 1050. The van der Waals surface area contributed by atoms with Crippen LogP contribution in [0.25, 0.3) is 11.0 Å². The minimum Gasteiger partial charge on any atom is -0.507 e. The van der Waals surface area contributed by atoms with Crippen LogP contribution in [-0.4, -0.2) is 60.8 Å². The van der Waals surface area contributed by atoms with Crippen LogP contribution in [0.1, 0.15) is 68.1 Å². The zero-order valence-corrected chi connectivity index (χ0v) is 20.7. The maximum absolute atomic E-state index is 12.8. The van der Waals surface area contributed by atoms with E-state index in [1.165, 1.54) is 45.2 Å². The molecular weight excluding hydrogens is 428 g/mol. The summed E-state index contributed by atoms with van der Waals surface area (Å²) in [4.78, 5) is 18.0. The highest BCUT2D eigenvalue weighted by atomic mass is 16.5. The highest BCUT2D eigenvalue weighted by Crippen LogP contribution is 2.35. The fourth-order valence-corrected chi connectivity index (χ4v) is 6.72. The maximum atomic E-state index is 12.8. The molecule has 0 amide bonds. The summed E-state index contributed by atoms with van der Waals surface area (Å²) in [6.07, 6.45) is 11.3. The van der Waals surface area contributed by atoms with E-state index in [2.05, 4.69) is 9.80 Å². The monoisotopic (exact) mass is 468 g/mol. The van der Waals surface area contributed by atoms with E-state index >= 15 is 0 Å². The summed E-state index contributed by atoms with van der Waals surface area (Å²) in [6.45, 7) is 5.72. The van der Waals surface area contributed by atoms with Gasteiger partial charge in [0.1, 0.15) is 11.3 Å². The number of phenolic OH excluding ortho intramolecular Hbond substituents is 1. The minimum atomic E-state index is -0.217. The number of phenols is 1. The number of aryl methyl sites for hydroxylation is 1. The number of benzene rings is 1. The van der Waals surface area contributed by atoms with E-state index in [1.807, 2.05) is 6.07 Å². The van der Waals surface area contributed by atoms with Crippen LogP contribution >= 0.6 is 0 Å². The van der Waals surface area contributed by atoms with Gasteiger partial charge in [0.2, 0.25) is 0 Å². The van der Waals surface area contributed by atoms with Gasteiger partial charge in [-0.1, -0.05) is 6.42 Å². The van der Waals surface area contributed by atoms with Crippen LogP contribution in [0, 0.1) is 5.92 Å². The van der Waals surface area contributed by atoms with Gasteiger partial charge >= 0.3 is 5.63 Å². The molecule has 2 atom stereocenters. The van der Waals surface area contributed by atoms with E-state index in [4.69, 9.17) is 9.15 Å². The molecule has 186 valence electrons. The van der Waals surface area contributed by atoms with Crippen LogP contribution < -0.4 is 5.63 Å². The van der Waals surface area contributed by atoms with Gasteiger partial charge in [-0.15, -0.1) is 0 Å². The van der Waals surface area contributed by atoms with E-state index in [0.29, 0.717) is 24.1 Å². The molecule has 1 aliphatic carbocycles. The quantitative estimate of drug-likeness (QED) is 0.455. The zero-order valence-electron chi connectivity index (χ0n) is 20.7. The first-order valence-electron chi connectivity index (χ1n) is 13.4. The van der Waals surface area contributed by atoms with Crippen molar-refractivity contribution in [3.8, 4) is 5.75 Å². The second-order valence-corrected chi connectivity index (χ2v) is 10.6. The maximum Gasteiger partial charge on any atom is 0.339 e. The number of hydrogen-bond donors (Lipinski definition) is 1. The second-order valence-electron chi connectivity index (χ2n) is 10.6. The molecule has 1 aromatic heterocycles. The highest BCUT2D eigenvalue weighted by molar-refractivity contribution is 5.86. The van der Waals surface area contributed by atoms with Crippen molar-refractivity contribution in [2.24, 2.45) is 5.92 Å². The number of rotatable bonds is 8. The largest absolute Gasteiger partial charge is 0.507 e. The molecule has 0 spiro atoms. The van der Waals surface area contributed by atoms with Crippen LogP contribution in [0.2, 0.25) is 0 Å². The van der Waals surface area contributed by atoms with Crippen LogP contribution in [0.15, 0.2) is 21.3 Å². The Morgan fingerprint density at radius 2 is 1.91 bits per heavy atom. The van der Waals surface area contributed by atoms with Gasteiger partial charge in [-0.2, -0.15) is 0 Å². The molecule has 6 nitrogen and oxygen atoms in total. The zero-order chi connectivity index (χ0) is 23.5. The lowest BCUT2D eigenvalue weighted by Crippen LogP contribution is -2.51. The van der Waals surface area contributed by atoms with Crippen molar-refractivity contribution in [1.82, 2.24) is 9.80 Å². The van der Waals surface area contributed by atoms with Gasteiger partial charge in [-0.25, -0.2) is 4.79 Å². The summed E-state index contributed by atoms with van der Waals surface area (Å²) in [5, 5.41) is 11.9. The molecule has 3 aliphatic rings. The molecule has 1 aromatic carbocycles. The van der Waals surface area contributed by atoms with E-state index < -0.39 is 0 Å². The summed E-state index contributed by atoms with van der Waals surface area (Å²) in [6, 6.07) is 4.42. The van der Waals surface area contributed by atoms with E-state index in [9.17, 15) is 9.90 Å². The Morgan fingerprint density at radius 3 is 2.76 bits per heavy atom. The first-order valence-corrected chi connectivity index (χ1v) is 13.4. The second kappa shape index (κ2) is 10.8. The number of nitrogens with zero attached hydrogens (tertiary/aromatic N) is 2. The predicted molar refractivity (Wildman–Crippen MR) is 134 cm³/mol. The molecule has 5 rings (SSSR count). The van der Waals surface area contributed by atoms with Gasteiger partial charge in [0.05, 0.1) is 5.56 Å². The minimum absolute atomic E-state index is 0.217. The number of methoxy groups -OCH3 is 1. The van der Waals surface area contributed by atoms with Crippen molar-refractivity contribution in [3.05, 3.63) is 39.2 Å². The van der Waals surface area contributed by atoms with Gasteiger partial charge in [-0.05, 0) is 94.5 Å². The summed E-state index contributed by atoms with van der Waals surface area (Å²) in [7, 11) is 1.75. The molecule has 0 unspecified atom stereocenters. The molecule has 0 saturated carbocycles. The number of hydrogen-bond acceptors (Lipinski definition) is 6. The summed E-state index contributed by atoms with van der Waals surface area (Å²) in [5.41, 5.74) is 3.11. The normalized spacial score (nSPS) is 23.2. The molecule has 2 aliphatic heterocycles. The third-order valence-corrected chi connectivity index (χ3v) is 8.40. The van der Waals surface area contributed by atoms with Crippen LogP contribution in [-0.2, 0) is 24.1 Å². The third kappa shape index (κ3) is 4.91. The molecular formula is C28H40N2O4. The molecule has 6 heteroatoms. The summed E-state index contributed by atoms with van der Waals surface area (Å²) < 4.78 is 11.2. The molecule has 34 heavy (non-hydrogen) atoms. The van der Waals surface area contributed by atoms with Crippen molar-refractivity contribution in [1.29, 1.82) is 0 Å². The van der Waals surface area contributed by atoms with Crippen molar-refractivity contribution in [2.45, 2.75) is 76.8 Å². The average Bonchev–Trinajstić information content (AvgIpc) is 2.86. The fourth-order valence-electron chi connectivity index (χ4n) is 6.72. The third-order valence-electron chi connectivity index (χ3n) is 8.40. The van der Waals surface area contributed by atoms with E-state index in [1.54, 1.807) is 13.2 Å². The van der Waals surface area contributed by atoms with Gasteiger partial charge in [0.15, 0.2) is 0 Å². The van der Waals surface area contributed by atoms with Gasteiger partial charge in [-0.3, -0.25) is 4.90 Å². The Kier molecular flexibility index (Phi) is 7.57. The number of aromatic hydroxyl groups is 1. The van der Waals surface area contributed by atoms with Gasteiger partial charge < -0.3 is 19.2 Å². The summed E-state index contributed by atoms with van der Waals surface area (Å²) in [5.74, 6) is 0.875. The Balaban J connectivity index is 1.44.